The Morgan fingerprint density at radius 1 is 1.00 bits per heavy atom. The zero-order chi connectivity index (χ0) is 22.6. The molecule has 0 atom stereocenters. The average Bonchev–Trinajstić information content (AvgIpc) is 2.68. The maximum Gasteiger partial charge on any atom is 0.412 e. The second kappa shape index (κ2) is 9.58. The summed E-state index contributed by atoms with van der Waals surface area (Å²) in [6, 6.07) is 12.2. The summed E-state index contributed by atoms with van der Waals surface area (Å²) in [4.78, 5) is 29.5. The van der Waals surface area contributed by atoms with Gasteiger partial charge < -0.3 is 19.9 Å². The fraction of sp³-hybridized carbons (Fsp3) is 0.391. The molecule has 0 unspecified atom stereocenters. The van der Waals surface area contributed by atoms with Crippen molar-refractivity contribution in [3.63, 3.8) is 0 Å². The molecule has 2 amide bonds. The molecular weight excluding hydrogens is 416 g/mol. The summed E-state index contributed by atoms with van der Waals surface area (Å²) in [5, 5.41) is 6.18. The van der Waals surface area contributed by atoms with Crippen LogP contribution in [0.3, 0.4) is 0 Å². The van der Waals surface area contributed by atoms with E-state index < -0.39 is 11.7 Å². The smallest absolute Gasteiger partial charge is 0.412 e. The van der Waals surface area contributed by atoms with Crippen LogP contribution in [0.1, 0.15) is 31.1 Å². The van der Waals surface area contributed by atoms with Crippen molar-refractivity contribution < 1.29 is 14.3 Å². The van der Waals surface area contributed by atoms with E-state index in [1.54, 1.807) is 51.1 Å². The number of benzene rings is 2. The number of ether oxygens (including phenoxy) is 1. The fourth-order valence-corrected chi connectivity index (χ4v) is 3.46. The fourth-order valence-electron chi connectivity index (χ4n) is 3.29. The monoisotopic (exact) mass is 444 g/mol. The molecule has 2 aromatic carbocycles. The standard InChI is InChI=1S/C23H29ClN4O3/c1-23(2,3)31-22(30)25-18-7-5-6-16(14-18)21(29)26-19-15-17(24)8-9-20(19)28-12-10-27(4)11-13-28/h5-9,14-15H,10-13H2,1-4H3,(H,25,30)(H,26,29). The van der Waals surface area contributed by atoms with Crippen LogP contribution in [0.4, 0.5) is 21.9 Å². The van der Waals surface area contributed by atoms with E-state index in [0.717, 1.165) is 31.9 Å². The number of anilines is 3. The van der Waals surface area contributed by atoms with Gasteiger partial charge in [-0.1, -0.05) is 17.7 Å². The number of carbonyl (C=O) groups is 2. The van der Waals surface area contributed by atoms with E-state index in [2.05, 4.69) is 27.5 Å². The molecular formula is C23H29ClN4O3. The van der Waals surface area contributed by atoms with Crippen molar-refractivity contribution in [2.75, 3.05) is 48.8 Å². The van der Waals surface area contributed by atoms with Crippen molar-refractivity contribution in [3.05, 3.63) is 53.1 Å². The zero-order valence-electron chi connectivity index (χ0n) is 18.4. The lowest BCUT2D eigenvalue weighted by molar-refractivity contribution is 0.0635. The van der Waals surface area contributed by atoms with Gasteiger partial charge in [0.1, 0.15) is 5.60 Å². The molecule has 31 heavy (non-hydrogen) atoms. The maximum absolute atomic E-state index is 13.0. The lowest BCUT2D eigenvalue weighted by Crippen LogP contribution is -2.44. The van der Waals surface area contributed by atoms with Crippen molar-refractivity contribution in [1.82, 2.24) is 4.90 Å². The van der Waals surface area contributed by atoms with E-state index in [0.29, 0.717) is 22.0 Å². The van der Waals surface area contributed by atoms with Crippen molar-refractivity contribution in [3.8, 4) is 0 Å². The number of nitrogens with one attached hydrogen (secondary N) is 2. The number of amides is 2. The van der Waals surface area contributed by atoms with Crippen molar-refractivity contribution in [2.45, 2.75) is 26.4 Å². The van der Waals surface area contributed by atoms with Gasteiger partial charge in [0.05, 0.1) is 11.4 Å². The third-order valence-electron chi connectivity index (χ3n) is 4.82. The number of nitrogens with zero attached hydrogens (tertiary/aromatic N) is 2. The molecule has 0 radical (unpaired) electrons. The Labute approximate surface area is 188 Å². The first-order valence-corrected chi connectivity index (χ1v) is 10.6. The highest BCUT2D eigenvalue weighted by atomic mass is 35.5. The van der Waals surface area contributed by atoms with E-state index in [-0.39, 0.29) is 5.91 Å². The molecule has 0 saturated carbocycles. The molecule has 1 saturated heterocycles. The Morgan fingerprint density at radius 2 is 1.71 bits per heavy atom. The van der Waals surface area contributed by atoms with Crippen LogP contribution in [0, 0.1) is 0 Å². The van der Waals surface area contributed by atoms with Gasteiger partial charge in [-0.15, -0.1) is 0 Å². The van der Waals surface area contributed by atoms with Crippen LogP contribution in [-0.4, -0.2) is 55.7 Å². The molecule has 3 rings (SSSR count). The molecule has 7 nitrogen and oxygen atoms in total. The highest BCUT2D eigenvalue weighted by Gasteiger charge is 2.20. The van der Waals surface area contributed by atoms with Gasteiger partial charge in [-0.2, -0.15) is 0 Å². The van der Waals surface area contributed by atoms with Gasteiger partial charge in [-0.3, -0.25) is 10.1 Å². The Bertz CT molecular complexity index is 950. The van der Waals surface area contributed by atoms with Crippen LogP contribution < -0.4 is 15.5 Å². The van der Waals surface area contributed by atoms with Crippen LogP contribution in [-0.2, 0) is 4.74 Å². The summed E-state index contributed by atoms with van der Waals surface area (Å²) in [5.74, 6) is -0.287. The summed E-state index contributed by atoms with van der Waals surface area (Å²) in [6.07, 6.45) is -0.572. The largest absolute Gasteiger partial charge is 0.444 e. The Hall–Kier alpha value is -2.77. The topological polar surface area (TPSA) is 73.9 Å². The van der Waals surface area contributed by atoms with E-state index in [1.165, 1.54) is 0 Å². The molecule has 1 heterocycles. The molecule has 1 fully saturated rings. The van der Waals surface area contributed by atoms with Gasteiger partial charge in [-0.25, -0.2) is 4.79 Å². The van der Waals surface area contributed by atoms with Gasteiger partial charge in [0.25, 0.3) is 5.91 Å². The van der Waals surface area contributed by atoms with Crippen molar-refractivity contribution in [1.29, 1.82) is 0 Å². The summed E-state index contributed by atoms with van der Waals surface area (Å²) in [5.41, 5.74) is 1.89. The SMILES string of the molecule is CN1CCN(c2ccc(Cl)cc2NC(=O)c2cccc(NC(=O)OC(C)(C)C)c2)CC1. The molecule has 0 aliphatic carbocycles. The average molecular weight is 445 g/mol. The number of hydrogen-bond acceptors (Lipinski definition) is 5. The molecule has 2 aromatic rings. The van der Waals surface area contributed by atoms with Crippen LogP contribution in [0.5, 0.6) is 0 Å². The van der Waals surface area contributed by atoms with Crippen molar-refractivity contribution >= 4 is 40.7 Å². The minimum atomic E-state index is -0.606. The molecule has 0 spiro atoms. The molecule has 0 bridgehead atoms. The third-order valence-corrected chi connectivity index (χ3v) is 5.06. The summed E-state index contributed by atoms with van der Waals surface area (Å²) in [6.45, 7) is 9.02. The first-order chi connectivity index (χ1) is 14.6. The second-order valence-electron chi connectivity index (χ2n) is 8.61. The number of carbonyl (C=O) groups excluding carboxylic acids is 2. The molecule has 0 aromatic heterocycles. The summed E-state index contributed by atoms with van der Waals surface area (Å²) < 4.78 is 5.27. The predicted molar refractivity (Wildman–Crippen MR) is 125 cm³/mol. The molecule has 2 N–H and O–H groups in total. The Balaban J connectivity index is 1.74. The highest BCUT2D eigenvalue weighted by Crippen LogP contribution is 2.30. The van der Waals surface area contributed by atoms with Crippen LogP contribution in [0.2, 0.25) is 5.02 Å². The third kappa shape index (κ3) is 6.60. The number of halogens is 1. The molecule has 1 aliphatic heterocycles. The molecule has 1 aliphatic rings. The first-order valence-electron chi connectivity index (χ1n) is 10.3. The van der Waals surface area contributed by atoms with Gasteiger partial charge >= 0.3 is 6.09 Å². The minimum Gasteiger partial charge on any atom is -0.444 e. The predicted octanol–water partition coefficient (Wildman–Crippen LogP) is 4.69. The van der Waals surface area contributed by atoms with Crippen molar-refractivity contribution in [2.24, 2.45) is 0 Å². The molecule has 166 valence electrons. The normalized spacial score (nSPS) is 14.8. The van der Waals surface area contributed by atoms with Gasteiger partial charge in [-0.05, 0) is 64.2 Å². The summed E-state index contributed by atoms with van der Waals surface area (Å²) in [7, 11) is 2.10. The second-order valence-corrected chi connectivity index (χ2v) is 9.05. The zero-order valence-corrected chi connectivity index (χ0v) is 19.1. The van der Waals surface area contributed by atoms with E-state index in [9.17, 15) is 9.59 Å². The van der Waals surface area contributed by atoms with Crippen LogP contribution in [0.25, 0.3) is 0 Å². The number of likely N-dealkylation sites (N-methyl/N-ethyl adjacent to an activating group) is 1. The number of piperazine rings is 1. The quantitative estimate of drug-likeness (QED) is 0.715. The van der Waals surface area contributed by atoms with E-state index in [4.69, 9.17) is 16.3 Å². The van der Waals surface area contributed by atoms with E-state index in [1.807, 2.05) is 12.1 Å². The maximum atomic E-state index is 13.0. The number of hydrogen-bond donors (Lipinski definition) is 2. The Kier molecular flexibility index (Phi) is 7.08. The molecule has 8 heteroatoms. The Morgan fingerprint density at radius 3 is 2.39 bits per heavy atom. The van der Waals surface area contributed by atoms with Gasteiger partial charge in [0, 0.05) is 42.5 Å². The van der Waals surface area contributed by atoms with Gasteiger partial charge in [0.2, 0.25) is 0 Å². The van der Waals surface area contributed by atoms with Crippen LogP contribution >= 0.6 is 11.6 Å². The van der Waals surface area contributed by atoms with Gasteiger partial charge in [0.15, 0.2) is 0 Å². The summed E-state index contributed by atoms with van der Waals surface area (Å²) >= 11 is 6.20. The van der Waals surface area contributed by atoms with E-state index >= 15 is 0 Å². The highest BCUT2D eigenvalue weighted by molar-refractivity contribution is 6.31. The van der Waals surface area contributed by atoms with Crippen LogP contribution in [0.15, 0.2) is 42.5 Å². The lowest BCUT2D eigenvalue weighted by atomic mass is 10.1. The lowest BCUT2D eigenvalue weighted by Gasteiger charge is -2.35. The minimum absolute atomic E-state index is 0.287. The first kappa shape index (κ1) is 22.9. The number of rotatable bonds is 4.